The summed E-state index contributed by atoms with van der Waals surface area (Å²) in [6.45, 7) is 5.06. The molecule has 1 heterocycles. The fourth-order valence-corrected chi connectivity index (χ4v) is 3.24. The highest BCUT2D eigenvalue weighted by Crippen LogP contribution is 2.21. The Hall–Kier alpha value is -2.53. The van der Waals surface area contributed by atoms with Crippen LogP contribution < -0.4 is 0 Å². The van der Waals surface area contributed by atoms with Crippen LogP contribution in [0.2, 0.25) is 0 Å². The Labute approximate surface area is 157 Å². The Bertz CT molecular complexity index is 943. The number of rotatable bonds is 6. The number of aryl methyl sites for hydroxylation is 1. The van der Waals surface area contributed by atoms with Crippen LogP contribution >= 0.6 is 11.8 Å². The van der Waals surface area contributed by atoms with Gasteiger partial charge in [0.1, 0.15) is 5.82 Å². The van der Waals surface area contributed by atoms with Gasteiger partial charge in [0.15, 0.2) is 0 Å². The van der Waals surface area contributed by atoms with Crippen LogP contribution in [0.1, 0.15) is 35.6 Å². The Kier molecular flexibility index (Phi) is 5.78. The summed E-state index contributed by atoms with van der Waals surface area (Å²) >= 11 is 1.73. The van der Waals surface area contributed by atoms with Crippen molar-refractivity contribution in [1.82, 2.24) is 9.55 Å². The maximum atomic E-state index is 11.9. The molecule has 0 N–H and O–H groups in total. The van der Waals surface area contributed by atoms with Crippen LogP contribution in [0, 0.1) is 0 Å². The monoisotopic (exact) mass is 366 g/mol. The van der Waals surface area contributed by atoms with E-state index in [-0.39, 0.29) is 5.97 Å². The van der Waals surface area contributed by atoms with Crippen molar-refractivity contribution in [2.24, 2.45) is 0 Å². The van der Waals surface area contributed by atoms with E-state index < -0.39 is 0 Å². The highest BCUT2D eigenvalue weighted by atomic mass is 32.2. The molecule has 2 aromatic carbocycles. The average Bonchev–Trinajstić information content (AvgIpc) is 3.03. The maximum Gasteiger partial charge on any atom is 0.338 e. The van der Waals surface area contributed by atoms with Gasteiger partial charge in [0.2, 0.25) is 0 Å². The zero-order chi connectivity index (χ0) is 18.5. The maximum absolute atomic E-state index is 11.9. The number of aromatic nitrogens is 2. The quantitative estimate of drug-likeness (QED) is 0.448. The molecule has 0 atom stereocenters. The van der Waals surface area contributed by atoms with E-state index in [2.05, 4.69) is 48.1 Å². The van der Waals surface area contributed by atoms with E-state index in [0.717, 1.165) is 29.0 Å². The number of hydrogen-bond donors (Lipinski definition) is 0. The van der Waals surface area contributed by atoms with E-state index in [0.29, 0.717) is 12.2 Å². The predicted octanol–water partition coefficient (Wildman–Crippen LogP) is 5.13. The van der Waals surface area contributed by atoms with E-state index >= 15 is 0 Å². The first-order valence-corrected chi connectivity index (χ1v) is 9.88. The summed E-state index contributed by atoms with van der Waals surface area (Å²) in [5, 5.41) is 0. The summed E-state index contributed by atoms with van der Waals surface area (Å²) in [7, 11) is 0. The van der Waals surface area contributed by atoms with Crippen LogP contribution in [-0.4, -0.2) is 28.4 Å². The highest BCUT2D eigenvalue weighted by molar-refractivity contribution is 7.98. The lowest BCUT2D eigenvalue weighted by Crippen LogP contribution is -2.04. The van der Waals surface area contributed by atoms with Gasteiger partial charge in [-0.3, -0.25) is 0 Å². The fraction of sp³-hybridized carbons (Fsp3) is 0.238. The summed E-state index contributed by atoms with van der Waals surface area (Å²) < 4.78 is 7.21. The van der Waals surface area contributed by atoms with Gasteiger partial charge < -0.3 is 9.30 Å². The number of nitrogens with zero attached hydrogens (tertiary/aromatic N) is 2. The zero-order valence-corrected chi connectivity index (χ0v) is 16.0. The molecule has 0 fully saturated rings. The van der Waals surface area contributed by atoms with E-state index in [9.17, 15) is 4.79 Å². The van der Waals surface area contributed by atoms with Crippen molar-refractivity contribution in [3.05, 3.63) is 59.4 Å². The SMILES string of the molecule is CCOC(=O)c1ccc2c(c1)nc(/C=C/c1ccc(SC)cc1)n2CC. The standard InChI is InChI=1S/C21H22N2O2S/c1-4-23-19-12-9-16(21(24)25-5-2)14-18(19)22-20(23)13-8-15-6-10-17(26-3)11-7-15/h6-14H,4-5H2,1-3H3/b13-8+. The number of imidazole rings is 1. The molecule has 0 unspecified atom stereocenters. The minimum Gasteiger partial charge on any atom is -0.462 e. The molecule has 0 aliphatic heterocycles. The molecule has 0 saturated heterocycles. The number of benzene rings is 2. The molecule has 3 rings (SSSR count). The van der Waals surface area contributed by atoms with Gasteiger partial charge in [-0.15, -0.1) is 11.8 Å². The van der Waals surface area contributed by atoms with Gasteiger partial charge in [-0.2, -0.15) is 0 Å². The largest absolute Gasteiger partial charge is 0.462 e. The van der Waals surface area contributed by atoms with E-state index in [1.807, 2.05) is 12.1 Å². The number of carbonyl (C=O) groups excluding carboxylic acids is 1. The molecule has 134 valence electrons. The third kappa shape index (κ3) is 3.83. The number of esters is 1. The van der Waals surface area contributed by atoms with Crippen LogP contribution in [-0.2, 0) is 11.3 Å². The number of carbonyl (C=O) groups is 1. The van der Waals surface area contributed by atoms with Crippen LogP contribution in [0.15, 0.2) is 47.4 Å². The molecule has 0 spiro atoms. The molecule has 0 aliphatic carbocycles. The zero-order valence-electron chi connectivity index (χ0n) is 15.2. The van der Waals surface area contributed by atoms with Gasteiger partial charge in [-0.25, -0.2) is 9.78 Å². The number of thioether (sulfide) groups is 1. The van der Waals surface area contributed by atoms with Gasteiger partial charge in [0, 0.05) is 11.4 Å². The molecule has 0 radical (unpaired) electrons. The Morgan fingerprint density at radius 1 is 1.15 bits per heavy atom. The minimum atomic E-state index is -0.313. The first kappa shape index (κ1) is 18.3. The second-order valence-corrected chi connectivity index (χ2v) is 6.62. The van der Waals surface area contributed by atoms with Crippen molar-refractivity contribution in [3.63, 3.8) is 0 Å². The van der Waals surface area contributed by atoms with E-state index in [1.165, 1.54) is 4.90 Å². The van der Waals surface area contributed by atoms with Crippen molar-refractivity contribution >= 4 is 40.9 Å². The molecule has 0 aliphatic rings. The van der Waals surface area contributed by atoms with Gasteiger partial charge in [0.05, 0.1) is 23.2 Å². The lowest BCUT2D eigenvalue weighted by molar-refractivity contribution is 0.0526. The summed E-state index contributed by atoms with van der Waals surface area (Å²) in [6, 6.07) is 13.9. The second kappa shape index (κ2) is 8.23. The number of hydrogen-bond acceptors (Lipinski definition) is 4. The molecule has 0 bridgehead atoms. The molecule has 5 heteroatoms. The third-order valence-corrected chi connectivity index (χ3v) is 4.89. The molecule has 1 aromatic heterocycles. The molecular weight excluding hydrogens is 344 g/mol. The predicted molar refractivity (Wildman–Crippen MR) is 109 cm³/mol. The third-order valence-electron chi connectivity index (χ3n) is 4.15. The summed E-state index contributed by atoms with van der Waals surface area (Å²) in [5.41, 5.74) is 3.47. The lowest BCUT2D eigenvalue weighted by Gasteiger charge is -2.04. The molecule has 0 saturated carbocycles. The smallest absolute Gasteiger partial charge is 0.338 e. The second-order valence-electron chi connectivity index (χ2n) is 5.74. The Morgan fingerprint density at radius 3 is 2.58 bits per heavy atom. The minimum absolute atomic E-state index is 0.313. The normalized spacial score (nSPS) is 11.3. The van der Waals surface area contributed by atoms with Crippen molar-refractivity contribution in [3.8, 4) is 0 Å². The summed E-state index contributed by atoms with van der Waals surface area (Å²) in [5.74, 6) is 0.559. The molecule has 26 heavy (non-hydrogen) atoms. The van der Waals surface area contributed by atoms with Crippen molar-refractivity contribution in [1.29, 1.82) is 0 Å². The molecule has 3 aromatic rings. The molecular formula is C21H22N2O2S. The highest BCUT2D eigenvalue weighted by Gasteiger charge is 2.12. The summed E-state index contributed by atoms with van der Waals surface area (Å²) in [4.78, 5) is 17.9. The van der Waals surface area contributed by atoms with Gasteiger partial charge >= 0.3 is 5.97 Å². The van der Waals surface area contributed by atoms with Crippen LogP contribution in [0.4, 0.5) is 0 Å². The fourth-order valence-electron chi connectivity index (χ4n) is 2.84. The van der Waals surface area contributed by atoms with Crippen molar-refractivity contribution < 1.29 is 9.53 Å². The van der Waals surface area contributed by atoms with Crippen LogP contribution in [0.25, 0.3) is 23.2 Å². The van der Waals surface area contributed by atoms with Gasteiger partial charge in [-0.1, -0.05) is 18.2 Å². The van der Waals surface area contributed by atoms with E-state index in [1.54, 1.807) is 30.8 Å². The van der Waals surface area contributed by atoms with Crippen LogP contribution in [0.5, 0.6) is 0 Å². The number of ether oxygens (including phenoxy) is 1. The first-order chi connectivity index (χ1) is 12.7. The molecule has 4 nitrogen and oxygen atoms in total. The average molecular weight is 366 g/mol. The number of fused-ring (bicyclic) bond motifs is 1. The van der Waals surface area contributed by atoms with Gasteiger partial charge in [0.25, 0.3) is 0 Å². The lowest BCUT2D eigenvalue weighted by atomic mass is 10.2. The molecule has 0 amide bonds. The van der Waals surface area contributed by atoms with Crippen molar-refractivity contribution in [2.45, 2.75) is 25.3 Å². The Balaban J connectivity index is 1.94. The summed E-state index contributed by atoms with van der Waals surface area (Å²) in [6.07, 6.45) is 6.14. The first-order valence-electron chi connectivity index (χ1n) is 8.65. The van der Waals surface area contributed by atoms with Crippen molar-refractivity contribution in [2.75, 3.05) is 12.9 Å². The van der Waals surface area contributed by atoms with E-state index in [4.69, 9.17) is 9.72 Å². The topological polar surface area (TPSA) is 44.1 Å². The van der Waals surface area contributed by atoms with Gasteiger partial charge in [-0.05, 0) is 62.1 Å². The van der Waals surface area contributed by atoms with Crippen LogP contribution in [0.3, 0.4) is 0 Å². The Morgan fingerprint density at radius 2 is 1.92 bits per heavy atom.